The first-order chi connectivity index (χ1) is 9.72. The molecule has 20 heavy (non-hydrogen) atoms. The Labute approximate surface area is 122 Å². The van der Waals surface area contributed by atoms with E-state index in [-0.39, 0.29) is 0 Å². The smallest absolute Gasteiger partial charge is 0.133 e. The maximum Gasteiger partial charge on any atom is 0.133 e. The van der Waals surface area contributed by atoms with Gasteiger partial charge in [-0.05, 0) is 25.6 Å². The van der Waals surface area contributed by atoms with Crippen molar-refractivity contribution in [2.75, 3.05) is 40.4 Å². The van der Waals surface area contributed by atoms with Crippen molar-refractivity contribution in [2.45, 2.75) is 18.9 Å². The van der Waals surface area contributed by atoms with Gasteiger partial charge in [-0.2, -0.15) is 5.26 Å². The largest absolute Gasteiger partial charge is 0.383 e. The van der Waals surface area contributed by atoms with Crippen LogP contribution in [0.1, 0.15) is 18.9 Å². The Bertz CT molecular complexity index is 415. The van der Waals surface area contributed by atoms with E-state index in [1.54, 1.807) is 7.11 Å². The molecular formula is C16H25N3O. The molecule has 0 amide bonds. The second-order valence-electron chi connectivity index (χ2n) is 4.81. The topological polar surface area (TPSA) is 48.3 Å². The molecule has 1 rings (SSSR count). The van der Waals surface area contributed by atoms with E-state index in [9.17, 15) is 5.26 Å². The summed E-state index contributed by atoms with van der Waals surface area (Å²) in [4.78, 5) is 2.30. The van der Waals surface area contributed by atoms with Gasteiger partial charge >= 0.3 is 0 Å². The van der Waals surface area contributed by atoms with Crippen LogP contribution < -0.4 is 5.32 Å². The fourth-order valence-corrected chi connectivity index (χ4v) is 2.29. The summed E-state index contributed by atoms with van der Waals surface area (Å²) in [5, 5.41) is 12.8. The Balaban J connectivity index is 2.75. The number of methoxy groups -OCH3 is 1. The third-order valence-electron chi connectivity index (χ3n) is 3.75. The van der Waals surface area contributed by atoms with Crippen molar-refractivity contribution in [1.82, 2.24) is 10.2 Å². The number of nitrogens with zero attached hydrogens (tertiary/aromatic N) is 2. The summed E-state index contributed by atoms with van der Waals surface area (Å²) in [6.07, 6.45) is 0.752. The molecule has 110 valence electrons. The van der Waals surface area contributed by atoms with Gasteiger partial charge in [-0.3, -0.25) is 5.32 Å². The molecule has 0 fully saturated rings. The van der Waals surface area contributed by atoms with Crippen molar-refractivity contribution < 1.29 is 4.74 Å². The summed E-state index contributed by atoms with van der Waals surface area (Å²) in [5.41, 5.74) is 0.398. The Morgan fingerprint density at radius 1 is 1.30 bits per heavy atom. The van der Waals surface area contributed by atoms with Crippen LogP contribution in [0.2, 0.25) is 0 Å². The first kappa shape index (κ1) is 16.6. The van der Waals surface area contributed by atoms with Gasteiger partial charge in [-0.25, -0.2) is 0 Å². The average Bonchev–Trinajstić information content (AvgIpc) is 2.52. The van der Waals surface area contributed by atoms with Crippen LogP contribution in [0.5, 0.6) is 0 Å². The summed E-state index contributed by atoms with van der Waals surface area (Å²) in [6.45, 7) is 5.57. The molecule has 0 saturated carbocycles. The summed E-state index contributed by atoms with van der Waals surface area (Å²) < 4.78 is 5.12. The molecule has 0 aromatic heterocycles. The maximum absolute atomic E-state index is 9.64. The number of likely N-dealkylation sites (N-methyl/N-ethyl adjacent to an activating group) is 1. The summed E-state index contributed by atoms with van der Waals surface area (Å²) in [7, 11) is 3.56. The van der Waals surface area contributed by atoms with E-state index in [4.69, 9.17) is 4.74 Å². The lowest BCUT2D eigenvalue weighted by molar-refractivity contribution is 0.145. The van der Waals surface area contributed by atoms with Gasteiger partial charge in [0.25, 0.3) is 0 Å². The Hall–Kier alpha value is -1.41. The summed E-state index contributed by atoms with van der Waals surface area (Å²) in [5.74, 6) is 0. The van der Waals surface area contributed by atoms with Crippen LogP contribution in [0.25, 0.3) is 0 Å². The maximum atomic E-state index is 9.64. The fraction of sp³-hybridized carbons (Fsp3) is 0.562. The second-order valence-corrected chi connectivity index (χ2v) is 4.81. The minimum absolute atomic E-state index is 0.623. The van der Waals surface area contributed by atoms with E-state index < -0.39 is 5.54 Å². The van der Waals surface area contributed by atoms with Crippen LogP contribution >= 0.6 is 0 Å². The summed E-state index contributed by atoms with van der Waals surface area (Å²) in [6, 6.07) is 12.4. The molecule has 1 aromatic rings. The number of ether oxygens (including phenoxy) is 1. The van der Waals surface area contributed by atoms with Crippen LogP contribution in [0, 0.1) is 11.3 Å². The van der Waals surface area contributed by atoms with Gasteiger partial charge in [-0.1, -0.05) is 37.3 Å². The van der Waals surface area contributed by atoms with Crippen LogP contribution in [-0.4, -0.2) is 45.3 Å². The zero-order valence-electron chi connectivity index (χ0n) is 12.7. The molecule has 1 unspecified atom stereocenters. The van der Waals surface area contributed by atoms with Gasteiger partial charge in [0.1, 0.15) is 5.54 Å². The lowest BCUT2D eigenvalue weighted by Crippen LogP contribution is -2.42. The first-order valence-electron chi connectivity index (χ1n) is 7.09. The predicted molar refractivity (Wildman–Crippen MR) is 81.4 cm³/mol. The molecule has 4 heteroatoms. The molecule has 4 nitrogen and oxygen atoms in total. The molecule has 0 bridgehead atoms. The molecule has 0 spiro atoms. The number of hydrogen-bond donors (Lipinski definition) is 1. The molecule has 1 aromatic carbocycles. The molecule has 0 radical (unpaired) electrons. The minimum atomic E-state index is -0.623. The van der Waals surface area contributed by atoms with Crippen molar-refractivity contribution in [1.29, 1.82) is 5.26 Å². The average molecular weight is 275 g/mol. The highest BCUT2D eigenvalue weighted by Gasteiger charge is 2.30. The van der Waals surface area contributed by atoms with E-state index >= 15 is 0 Å². The van der Waals surface area contributed by atoms with Crippen molar-refractivity contribution >= 4 is 0 Å². The van der Waals surface area contributed by atoms with Gasteiger partial charge in [-0.15, -0.1) is 0 Å². The number of hydrogen-bond acceptors (Lipinski definition) is 4. The highest BCUT2D eigenvalue weighted by atomic mass is 16.5. The van der Waals surface area contributed by atoms with Crippen LogP contribution in [-0.2, 0) is 10.3 Å². The number of benzene rings is 1. The SMILES string of the molecule is CCN(CCOC)CCC(C#N)(NC)c1ccccc1. The van der Waals surface area contributed by atoms with Crippen molar-refractivity contribution in [3.8, 4) is 6.07 Å². The van der Waals surface area contributed by atoms with Crippen LogP contribution in [0.3, 0.4) is 0 Å². The minimum Gasteiger partial charge on any atom is -0.383 e. The molecule has 1 atom stereocenters. The molecule has 0 heterocycles. The molecule has 0 aliphatic heterocycles. The van der Waals surface area contributed by atoms with Crippen LogP contribution in [0.4, 0.5) is 0 Å². The van der Waals surface area contributed by atoms with Gasteiger partial charge in [0.05, 0.1) is 12.7 Å². The third-order valence-corrected chi connectivity index (χ3v) is 3.75. The van der Waals surface area contributed by atoms with Gasteiger partial charge < -0.3 is 9.64 Å². The van der Waals surface area contributed by atoms with Gasteiger partial charge in [0, 0.05) is 20.2 Å². The Morgan fingerprint density at radius 3 is 2.50 bits per heavy atom. The third kappa shape index (κ3) is 4.31. The lowest BCUT2D eigenvalue weighted by Gasteiger charge is -2.30. The van der Waals surface area contributed by atoms with E-state index in [0.717, 1.165) is 38.2 Å². The van der Waals surface area contributed by atoms with E-state index in [2.05, 4.69) is 23.2 Å². The molecule has 1 N–H and O–H groups in total. The van der Waals surface area contributed by atoms with Crippen LogP contribution in [0.15, 0.2) is 30.3 Å². The molecule has 0 aliphatic carbocycles. The fourth-order valence-electron chi connectivity index (χ4n) is 2.29. The lowest BCUT2D eigenvalue weighted by atomic mass is 9.88. The monoisotopic (exact) mass is 275 g/mol. The number of rotatable bonds is 9. The quantitative estimate of drug-likeness (QED) is 0.748. The Kier molecular flexibility index (Phi) is 7.24. The van der Waals surface area contributed by atoms with E-state index in [0.29, 0.717) is 0 Å². The van der Waals surface area contributed by atoms with Crippen molar-refractivity contribution in [2.24, 2.45) is 0 Å². The van der Waals surface area contributed by atoms with Crippen molar-refractivity contribution in [3.05, 3.63) is 35.9 Å². The number of nitrogens with one attached hydrogen (secondary N) is 1. The first-order valence-corrected chi connectivity index (χ1v) is 7.09. The summed E-state index contributed by atoms with van der Waals surface area (Å²) >= 11 is 0. The van der Waals surface area contributed by atoms with Gasteiger partial charge in [0.2, 0.25) is 0 Å². The second kappa shape index (κ2) is 8.70. The zero-order valence-corrected chi connectivity index (χ0v) is 12.7. The van der Waals surface area contributed by atoms with Gasteiger partial charge in [0.15, 0.2) is 0 Å². The van der Waals surface area contributed by atoms with E-state index in [1.807, 2.05) is 37.4 Å². The van der Waals surface area contributed by atoms with Crippen molar-refractivity contribution in [3.63, 3.8) is 0 Å². The predicted octanol–water partition coefficient (Wildman–Crippen LogP) is 1.98. The highest BCUT2D eigenvalue weighted by Crippen LogP contribution is 2.24. The normalized spacial score (nSPS) is 13.9. The molecule has 0 saturated heterocycles. The number of nitriles is 1. The molecule has 0 aliphatic rings. The molecular weight excluding hydrogens is 250 g/mol. The highest BCUT2D eigenvalue weighted by molar-refractivity contribution is 5.31. The zero-order chi connectivity index (χ0) is 14.8. The Morgan fingerprint density at radius 2 is 2.00 bits per heavy atom. The van der Waals surface area contributed by atoms with E-state index in [1.165, 1.54) is 0 Å². The standard InChI is InChI=1S/C16H25N3O/c1-4-19(12-13-20-3)11-10-16(14-17,18-2)15-8-6-5-7-9-15/h5-9,18H,4,10-13H2,1-3H3.